The van der Waals surface area contributed by atoms with Crippen LogP contribution in [0.2, 0.25) is 0 Å². The van der Waals surface area contributed by atoms with E-state index in [0.29, 0.717) is 0 Å². The van der Waals surface area contributed by atoms with Gasteiger partial charge in [0, 0.05) is 12.1 Å². The molecule has 1 aromatic carbocycles. The van der Waals surface area contributed by atoms with Crippen molar-refractivity contribution >= 4 is 10.0 Å². The number of alkyl halides is 3. The van der Waals surface area contributed by atoms with Crippen LogP contribution in [-0.4, -0.2) is 26.7 Å². The van der Waals surface area contributed by atoms with E-state index in [2.05, 4.69) is 4.72 Å². The summed E-state index contributed by atoms with van der Waals surface area (Å²) in [6.45, 7) is 3.34. The molecule has 0 heterocycles. The molecule has 0 aromatic heterocycles. The summed E-state index contributed by atoms with van der Waals surface area (Å²) in [5, 5.41) is 0. The van der Waals surface area contributed by atoms with Gasteiger partial charge in [-0.2, -0.15) is 13.2 Å². The van der Waals surface area contributed by atoms with Crippen LogP contribution in [0.4, 0.5) is 13.2 Å². The maximum Gasteiger partial charge on any atom is 0.393 e. The average Bonchev–Trinajstić information content (AvgIpc) is 2.24. The molecular weight excluding hydrogens is 293 g/mol. The molecule has 1 aromatic rings. The van der Waals surface area contributed by atoms with Gasteiger partial charge in [0.15, 0.2) is 0 Å². The minimum absolute atomic E-state index is 0.00982. The highest BCUT2D eigenvalue weighted by molar-refractivity contribution is 7.89. The summed E-state index contributed by atoms with van der Waals surface area (Å²) < 4.78 is 62.6. The molecule has 0 aliphatic carbocycles. The molecule has 0 spiro atoms. The highest BCUT2D eigenvalue weighted by Crippen LogP contribution is 2.22. The number of benzene rings is 1. The largest absolute Gasteiger partial charge is 0.393 e. The monoisotopic (exact) mass is 310 g/mol. The van der Waals surface area contributed by atoms with Gasteiger partial charge in [-0.3, -0.25) is 0 Å². The van der Waals surface area contributed by atoms with Gasteiger partial charge in [0.25, 0.3) is 0 Å². The van der Waals surface area contributed by atoms with Crippen molar-refractivity contribution in [1.29, 1.82) is 0 Å². The third-order valence-electron chi connectivity index (χ3n) is 2.36. The summed E-state index contributed by atoms with van der Waals surface area (Å²) in [7, 11) is -3.77. The quantitative estimate of drug-likeness (QED) is 0.871. The molecule has 1 rings (SSSR count). The number of hydrogen-bond donors (Lipinski definition) is 2. The van der Waals surface area contributed by atoms with Crippen molar-refractivity contribution in [2.75, 3.05) is 6.54 Å². The van der Waals surface area contributed by atoms with Gasteiger partial charge in [0.05, 0.1) is 11.3 Å². The Morgan fingerprint density at radius 2 is 1.65 bits per heavy atom. The Balaban J connectivity index is 2.82. The smallest absolute Gasteiger partial charge is 0.324 e. The molecule has 114 valence electrons. The average molecular weight is 310 g/mol. The fourth-order valence-corrected chi connectivity index (χ4v) is 2.61. The van der Waals surface area contributed by atoms with Crippen LogP contribution in [-0.2, 0) is 16.4 Å². The second-order valence-corrected chi connectivity index (χ2v) is 7.02. The third kappa shape index (κ3) is 5.89. The Bertz CT molecular complexity index is 546. The number of sulfonamides is 1. The summed E-state index contributed by atoms with van der Waals surface area (Å²) in [5.74, 6) is 0. The molecule has 0 atom stereocenters. The van der Waals surface area contributed by atoms with E-state index < -0.39 is 28.2 Å². The van der Waals surface area contributed by atoms with E-state index in [1.54, 1.807) is 13.8 Å². The van der Waals surface area contributed by atoms with Crippen LogP contribution in [0.15, 0.2) is 29.2 Å². The van der Waals surface area contributed by atoms with Crippen molar-refractivity contribution in [3.8, 4) is 0 Å². The van der Waals surface area contributed by atoms with Crippen molar-refractivity contribution in [3.05, 3.63) is 29.8 Å². The van der Waals surface area contributed by atoms with Gasteiger partial charge in [-0.05, 0) is 31.5 Å². The Morgan fingerprint density at radius 3 is 2.05 bits per heavy atom. The minimum atomic E-state index is -4.32. The molecule has 0 unspecified atom stereocenters. The van der Waals surface area contributed by atoms with Gasteiger partial charge in [0.2, 0.25) is 10.0 Å². The molecule has 0 saturated heterocycles. The van der Waals surface area contributed by atoms with Crippen molar-refractivity contribution in [2.24, 2.45) is 5.73 Å². The van der Waals surface area contributed by atoms with Gasteiger partial charge >= 0.3 is 6.18 Å². The van der Waals surface area contributed by atoms with E-state index >= 15 is 0 Å². The standard InChI is InChI=1S/C12H17F3N2O2S/c1-11(2,16)8-17-20(18,19)10-5-3-9(4-6-10)7-12(13,14)15/h3-6,17H,7-8,16H2,1-2H3. The summed E-state index contributed by atoms with van der Waals surface area (Å²) >= 11 is 0. The number of halogens is 3. The SMILES string of the molecule is CC(C)(N)CNS(=O)(=O)c1ccc(CC(F)(F)F)cc1. The molecule has 0 fully saturated rings. The topological polar surface area (TPSA) is 72.2 Å². The molecule has 8 heteroatoms. The lowest BCUT2D eigenvalue weighted by atomic mass is 10.1. The highest BCUT2D eigenvalue weighted by atomic mass is 32.2. The van der Waals surface area contributed by atoms with Crippen molar-refractivity contribution in [2.45, 2.75) is 36.9 Å². The number of rotatable bonds is 5. The Kier molecular flexibility index (Phi) is 4.83. The van der Waals surface area contributed by atoms with Crippen LogP contribution in [0.3, 0.4) is 0 Å². The van der Waals surface area contributed by atoms with E-state index in [4.69, 9.17) is 5.73 Å². The third-order valence-corrected chi connectivity index (χ3v) is 3.77. The normalized spacial score (nSPS) is 13.5. The Morgan fingerprint density at radius 1 is 1.15 bits per heavy atom. The molecule has 0 bridgehead atoms. The molecule has 0 aliphatic heterocycles. The van der Waals surface area contributed by atoms with E-state index in [0.717, 1.165) is 24.3 Å². The fraction of sp³-hybridized carbons (Fsp3) is 0.500. The zero-order valence-corrected chi connectivity index (χ0v) is 12.0. The number of nitrogens with two attached hydrogens (primary N) is 1. The second-order valence-electron chi connectivity index (χ2n) is 5.25. The first-order valence-electron chi connectivity index (χ1n) is 5.83. The van der Waals surface area contributed by atoms with E-state index in [1.807, 2.05) is 0 Å². The second kappa shape index (κ2) is 5.71. The maximum atomic E-state index is 12.2. The van der Waals surface area contributed by atoms with Crippen LogP contribution >= 0.6 is 0 Å². The summed E-state index contributed by atoms with van der Waals surface area (Å²) in [6, 6.07) is 4.59. The summed E-state index contributed by atoms with van der Waals surface area (Å²) in [5.41, 5.74) is 4.95. The molecular formula is C12H17F3N2O2S. The van der Waals surface area contributed by atoms with Crippen LogP contribution in [0.25, 0.3) is 0 Å². The van der Waals surface area contributed by atoms with Crippen LogP contribution in [0, 0.1) is 0 Å². The van der Waals surface area contributed by atoms with Crippen LogP contribution < -0.4 is 10.5 Å². The number of hydrogen-bond acceptors (Lipinski definition) is 3. The molecule has 4 nitrogen and oxygen atoms in total. The number of nitrogens with one attached hydrogen (secondary N) is 1. The fourth-order valence-electron chi connectivity index (χ4n) is 1.38. The lowest BCUT2D eigenvalue weighted by Gasteiger charge is -2.19. The summed E-state index contributed by atoms with van der Waals surface area (Å²) in [4.78, 5) is -0.0901. The predicted molar refractivity (Wildman–Crippen MR) is 69.7 cm³/mol. The first-order valence-corrected chi connectivity index (χ1v) is 7.32. The highest BCUT2D eigenvalue weighted by Gasteiger charge is 2.27. The lowest BCUT2D eigenvalue weighted by Crippen LogP contribution is -2.45. The van der Waals surface area contributed by atoms with E-state index in [1.165, 1.54) is 0 Å². The summed E-state index contributed by atoms with van der Waals surface area (Å²) in [6.07, 6.45) is -5.40. The molecule has 0 amide bonds. The van der Waals surface area contributed by atoms with Crippen molar-refractivity contribution < 1.29 is 21.6 Å². The van der Waals surface area contributed by atoms with Gasteiger partial charge in [-0.15, -0.1) is 0 Å². The van der Waals surface area contributed by atoms with E-state index in [-0.39, 0.29) is 17.0 Å². The van der Waals surface area contributed by atoms with Crippen molar-refractivity contribution in [1.82, 2.24) is 4.72 Å². The Hall–Kier alpha value is -1.12. The first kappa shape index (κ1) is 16.9. The van der Waals surface area contributed by atoms with Gasteiger partial charge in [0.1, 0.15) is 0 Å². The minimum Gasteiger partial charge on any atom is -0.324 e. The zero-order valence-electron chi connectivity index (χ0n) is 11.2. The van der Waals surface area contributed by atoms with Gasteiger partial charge in [-0.25, -0.2) is 13.1 Å². The predicted octanol–water partition coefficient (Wildman–Crippen LogP) is 1.81. The molecule has 0 radical (unpaired) electrons. The molecule has 0 saturated carbocycles. The van der Waals surface area contributed by atoms with Crippen LogP contribution in [0.1, 0.15) is 19.4 Å². The lowest BCUT2D eigenvalue weighted by molar-refractivity contribution is -0.127. The Labute approximate surface area is 116 Å². The van der Waals surface area contributed by atoms with Crippen molar-refractivity contribution in [3.63, 3.8) is 0 Å². The van der Waals surface area contributed by atoms with Crippen LogP contribution in [0.5, 0.6) is 0 Å². The van der Waals surface area contributed by atoms with Gasteiger partial charge < -0.3 is 5.73 Å². The molecule has 3 N–H and O–H groups in total. The maximum absolute atomic E-state index is 12.2. The first-order chi connectivity index (χ1) is 8.89. The molecule has 0 aliphatic rings. The zero-order chi connectivity index (χ0) is 15.6. The van der Waals surface area contributed by atoms with E-state index in [9.17, 15) is 21.6 Å². The van der Waals surface area contributed by atoms with Gasteiger partial charge in [-0.1, -0.05) is 12.1 Å². The molecule has 20 heavy (non-hydrogen) atoms.